The Morgan fingerprint density at radius 2 is 1.75 bits per heavy atom. The van der Waals surface area contributed by atoms with Gasteiger partial charge in [-0.1, -0.05) is 18.2 Å². The van der Waals surface area contributed by atoms with Gasteiger partial charge in [0.15, 0.2) is 0 Å². The standard InChI is InChI=1S/C18H22N4O2/c1-15(23)20-8-5-9-21(11-10-20)18(24)12-16-13-19-22(14-16)17-6-3-2-4-7-17/h2-4,6-7,13-14H,5,8-12H2,1H3. The van der Waals surface area contributed by atoms with Crippen LogP contribution < -0.4 is 0 Å². The molecule has 1 saturated heterocycles. The van der Waals surface area contributed by atoms with Gasteiger partial charge in [-0.3, -0.25) is 9.59 Å². The molecule has 3 rings (SSSR count). The van der Waals surface area contributed by atoms with Crippen molar-refractivity contribution < 1.29 is 9.59 Å². The first-order valence-electron chi connectivity index (χ1n) is 8.26. The van der Waals surface area contributed by atoms with E-state index in [0.29, 0.717) is 26.1 Å². The van der Waals surface area contributed by atoms with Crippen LogP contribution in [0.25, 0.3) is 5.69 Å². The summed E-state index contributed by atoms with van der Waals surface area (Å²) >= 11 is 0. The Kier molecular flexibility index (Phi) is 4.93. The van der Waals surface area contributed by atoms with Crippen molar-refractivity contribution in [2.24, 2.45) is 0 Å². The molecule has 1 aliphatic heterocycles. The number of nitrogens with zero attached hydrogens (tertiary/aromatic N) is 4. The molecule has 1 aromatic heterocycles. The van der Waals surface area contributed by atoms with Crippen LogP contribution in [-0.4, -0.2) is 57.6 Å². The number of carbonyl (C=O) groups is 2. The van der Waals surface area contributed by atoms with E-state index in [1.165, 1.54) is 0 Å². The van der Waals surface area contributed by atoms with Crippen LogP contribution >= 0.6 is 0 Å². The van der Waals surface area contributed by atoms with Gasteiger partial charge in [-0.25, -0.2) is 4.68 Å². The molecular weight excluding hydrogens is 304 g/mol. The van der Waals surface area contributed by atoms with Gasteiger partial charge in [0.2, 0.25) is 11.8 Å². The fourth-order valence-electron chi connectivity index (χ4n) is 2.94. The molecule has 6 heteroatoms. The van der Waals surface area contributed by atoms with Crippen LogP contribution in [0.5, 0.6) is 0 Å². The Morgan fingerprint density at radius 3 is 2.50 bits per heavy atom. The van der Waals surface area contributed by atoms with Crippen LogP contribution in [0.1, 0.15) is 18.9 Å². The number of hydrogen-bond donors (Lipinski definition) is 0. The van der Waals surface area contributed by atoms with E-state index in [2.05, 4.69) is 5.10 Å². The van der Waals surface area contributed by atoms with Crippen LogP contribution in [0.3, 0.4) is 0 Å². The second-order valence-corrected chi connectivity index (χ2v) is 6.05. The Hall–Kier alpha value is -2.63. The normalized spacial score (nSPS) is 15.2. The molecule has 1 aliphatic rings. The number of rotatable bonds is 3. The quantitative estimate of drug-likeness (QED) is 0.859. The number of para-hydroxylation sites is 1. The van der Waals surface area contributed by atoms with Gasteiger partial charge in [-0.05, 0) is 24.1 Å². The molecule has 1 aromatic carbocycles. The van der Waals surface area contributed by atoms with E-state index < -0.39 is 0 Å². The summed E-state index contributed by atoms with van der Waals surface area (Å²) in [7, 11) is 0. The molecular formula is C18H22N4O2. The molecule has 24 heavy (non-hydrogen) atoms. The minimum absolute atomic E-state index is 0.0773. The van der Waals surface area contributed by atoms with Gasteiger partial charge >= 0.3 is 0 Å². The zero-order valence-corrected chi connectivity index (χ0v) is 13.9. The first-order chi connectivity index (χ1) is 11.6. The van der Waals surface area contributed by atoms with Gasteiger partial charge in [-0.15, -0.1) is 0 Å². The van der Waals surface area contributed by atoms with Crippen molar-refractivity contribution in [3.8, 4) is 5.69 Å². The molecule has 6 nitrogen and oxygen atoms in total. The third-order valence-corrected chi connectivity index (χ3v) is 4.31. The second kappa shape index (κ2) is 7.29. The van der Waals surface area contributed by atoms with Crippen molar-refractivity contribution >= 4 is 11.8 Å². The highest BCUT2D eigenvalue weighted by Gasteiger charge is 2.20. The molecule has 1 fully saturated rings. The van der Waals surface area contributed by atoms with Gasteiger partial charge in [0, 0.05) is 39.3 Å². The third-order valence-electron chi connectivity index (χ3n) is 4.31. The van der Waals surface area contributed by atoms with Crippen molar-refractivity contribution in [1.29, 1.82) is 0 Å². The smallest absolute Gasteiger partial charge is 0.227 e. The number of aromatic nitrogens is 2. The molecule has 0 spiro atoms. The summed E-state index contributed by atoms with van der Waals surface area (Å²) in [6.45, 7) is 4.23. The maximum atomic E-state index is 12.5. The molecule has 0 aliphatic carbocycles. The lowest BCUT2D eigenvalue weighted by atomic mass is 10.2. The van der Waals surface area contributed by atoms with E-state index in [-0.39, 0.29) is 11.8 Å². The lowest BCUT2D eigenvalue weighted by Crippen LogP contribution is -2.37. The lowest BCUT2D eigenvalue weighted by Gasteiger charge is -2.21. The molecule has 2 amide bonds. The molecule has 0 unspecified atom stereocenters. The van der Waals surface area contributed by atoms with Crippen LogP contribution in [0.4, 0.5) is 0 Å². The van der Waals surface area contributed by atoms with E-state index in [1.807, 2.05) is 41.4 Å². The maximum absolute atomic E-state index is 12.5. The van der Waals surface area contributed by atoms with E-state index in [1.54, 1.807) is 22.7 Å². The van der Waals surface area contributed by atoms with Gasteiger partial charge in [0.05, 0.1) is 18.3 Å². The summed E-state index contributed by atoms with van der Waals surface area (Å²) in [5.41, 5.74) is 1.87. The summed E-state index contributed by atoms with van der Waals surface area (Å²) < 4.78 is 1.78. The van der Waals surface area contributed by atoms with Crippen LogP contribution in [-0.2, 0) is 16.0 Å². The van der Waals surface area contributed by atoms with Crippen LogP contribution in [0, 0.1) is 0 Å². The number of hydrogen-bond acceptors (Lipinski definition) is 3. The molecule has 0 N–H and O–H groups in total. The van der Waals surface area contributed by atoms with Crippen molar-refractivity contribution in [3.63, 3.8) is 0 Å². The Balaban J connectivity index is 1.61. The van der Waals surface area contributed by atoms with E-state index in [0.717, 1.165) is 24.2 Å². The first-order valence-corrected chi connectivity index (χ1v) is 8.26. The van der Waals surface area contributed by atoms with Crippen molar-refractivity contribution in [2.45, 2.75) is 19.8 Å². The highest BCUT2D eigenvalue weighted by molar-refractivity contribution is 5.79. The zero-order valence-electron chi connectivity index (χ0n) is 13.9. The van der Waals surface area contributed by atoms with Gasteiger partial charge in [-0.2, -0.15) is 5.10 Å². The fourth-order valence-corrected chi connectivity index (χ4v) is 2.94. The summed E-state index contributed by atoms with van der Waals surface area (Å²) in [6, 6.07) is 9.83. The summed E-state index contributed by atoms with van der Waals surface area (Å²) in [6.07, 6.45) is 4.80. The second-order valence-electron chi connectivity index (χ2n) is 6.05. The predicted octanol–water partition coefficient (Wildman–Crippen LogP) is 1.50. The maximum Gasteiger partial charge on any atom is 0.227 e. The van der Waals surface area contributed by atoms with E-state index in [4.69, 9.17) is 0 Å². The Bertz CT molecular complexity index is 711. The SMILES string of the molecule is CC(=O)N1CCCN(C(=O)Cc2cnn(-c3ccccc3)c2)CC1. The average Bonchev–Trinajstić information content (AvgIpc) is 2.90. The predicted molar refractivity (Wildman–Crippen MR) is 90.7 cm³/mol. The molecule has 0 bridgehead atoms. The molecule has 2 heterocycles. The summed E-state index contributed by atoms with van der Waals surface area (Å²) in [5.74, 6) is 0.168. The van der Waals surface area contributed by atoms with Crippen LogP contribution in [0.2, 0.25) is 0 Å². The summed E-state index contributed by atoms with van der Waals surface area (Å²) in [5, 5.41) is 4.33. The molecule has 126 valence electrons. The zero-order chi connectivity index (χ0) is 16.9. The Morgan fingerprint density at radius 1 is 1.04 bits per heavy atom. The molecule has 0 radical (unpaired) electrons. The average molecular weight is 326 g/mol. The van der Waals surface area contributed by atoms with Crippen LogP contribution in [0.15, 0.2) is 42.7 Å². The van der Waals surface area contributed by atoms with E-state index >= 15 is 0 Å². The molecule has 2 aromatic rings. The number of benzene rings is 1. The largest absolute Gasteiger partial charge is 0.341 e. The minimum atomic E-state index is 0.0773. The minimum Gasteiger partial charge on any atom is -0.341 e. The molecule has 0 saturated carbocycles. The van der Waals surface area contributed by atoms with Crippen molar-refractivity contribution in [1.82, 2.24) is 19.6 Å². The molecule has 0 atom stereocenters. The lowest BCUT2D eigenvalue weighted by molar-refractivity contribution is -0.132. The Labute approximate surface area is 141 Å². The fraction of sp³-hybridized carbons (Fsp3) is 0.389. The number of carbonyl (C=O) groups excluding carboxylic acids is 2. The van der Waals surface area contributed by atoms with Crippen molar-refractivity contribution in [3.05, 3.63) is 48.3 Å². The highest BCUT2D eigenvalue weighted by atomic mass is 16.2. The van der Waals surface area contributed by atoms with Crippen molar-refractivity contribution in [2.75, 3.05) is 26.2 Å². The van der Waals surface area contributed by atoms with E-state index in [9.17, 15) is 9.59 Å². The monoisotopic (exact) mass is 326 g/mol. The highest BCUT2D eigenvalue weighted by Crippen LogP contribution is 2.10. The van der Waals surface area contributed by atoms with Gasteiger partial charge < -0.3 is 9.80 Å². The van der Waals surface area contributed by atoms with Gasteiger partial charge in [0.1, 0.15) is 0 Å². The number of amides is 2. The topological polar surface area (TPSA) is 58.4 Å². The van der Waals surface area contributed by atoms with Gasteiger partial charge in [0.25, 0.3) is 0 Å². The first kappa shape index (κ1) is 16.2. The third kappa shape index (κ3) is 3.82. The summed E-state index contributed by atoms with van der Waals surface area (Å²) in [4.78, 5) is 27.7.